The van der Waals surface area contributed by atoms with Crippen LogP contribution in [0.2, 0.25) is 0 Å². The summed E-state index contributed by atoms with van der Waals surface area (Å²) in [7, 11) is 0. The summed E-state index contributed by atoms with van der Waals surface area (Å²) >= 11 is 3.22. The molecule has 0 aromatic carbocycles. The van der Waals surface area contributed by atoms with Crippen LogP contribution >= 0.6 is 0 Å². The molecule has 0 spiro atoms. The van der Waals surface area contributed by atoms with Crippen molar-refractivity contribution in [3.8, 4) is 0 Å². The van der Waals surface area contributed by atoms with Crippen LogP contribution in [0.5, 0.6) is 0 Å². The Morgan fingerprint density at radius 1 is 1.64 bits per heavy atom. The molecule has 0 saturated heterocycles. The molecule has 2 N–H and O–H groups in total. The summed E-state index contributed by atoms with van der Waals surface area (Å²) in [6.45, 7) is 7.94. The van der Waals surface area contributed by atoms with Crippen molar-refractivity contribution in [2.45, 2.75) is 26.2 Å². The van der Waals surface area contributed by atoms with Crippen LogP contribution in [-0.2, 0) is 25.6 Å². The van der Waals surface area contributed by atoms with Crippen molar-refractivity contribution < 1.29 is 19.2 Å². The van der Waals surface area contributed by atoms with Gasteiger partial charge in [0, 0.05) is 0 Å². The van der Waals surface area contributed by atoms with Gasteiger partial charge >= 0.3 is 95.6 Å². The van der Waals surface area contributed by atoms with Crippen LogP contribution in [0.25, 0.3) is 0 Å². The molecule has 3 heteroatoms. The van der Waals surface area contributed by atoms with Crippen molar-refractivity contribution >= 4 is 10.3 Å². The molecule has 14 heavy (non-hydrogen) atoms. The molecule has 79 valence electrons. The molecule has 2 nitrogen and oxygen atoms in total. The molecule has 1 heterocycles. The zero-order valence-corrected chi connectivity index (χ0v) is 10.0. The van der Waals surface area contributed by atoms with E-state index in [0.29, 0.717) is 0 Å². The molecule has 0 saturated carbocycles. The van der Waals surface area contributed by atoms with E-state index in [2.05, 4.69) is 44.6 Å². The van der Waals surface area contributed by atoms with Crippen molar-refractivity contribution in [1.29, 1.82) is 5.41 Å². The fourth-order valence-corrected chi connectivity index (χ4v) is 2.09. The first-order valence-corrected chi connectivity index (χ1v) is 5.43. The van der Waals surface area contributed by atoms with Crippen LogP contribution in [-0.4, -0.2) is 11.2 Å². The summed E-state index contributed by atoms with van der Waals surface area (Å²) in [5.41, 5.74) is 3.20. The van der Waals surface area contributed by atoms with Crippen molar-refractivity contribution in [2.75, 3.05) is 0 Å². The van der Waals surface area contributed by atoms with Gasteiger partial charge in [-0.2, -0.15) is 0 Å². The summed E-state index contributed by atoms with van der Waals surface area (Å²) in [6.07, 6.45) is 4.22. The second-order valence-electron chi connectivity index (χ2n) is 3.24. The van der Waals surface area contributed by atoms with Gasteiger partial charge in [0.1, 0.15) is 0 Å². The number of hydrogen-bond donors (Lipinski definition) is 2. The molecule has 1 aromatic rings. The van der Waals surface area contributed by atoms with Gasteiger partial charge in [0.25, 0.3) is 0 Å². The maximum absolute atomic E-state index is 7.38. The molecule has 1 rings (SSSR count). The molecular formula is C11H15N2Pd. The van der Waals surface area contributed by atoms with Crippen LogP contribution in [0.4, 0.5) is 0 Å². The number of nitrogens with one attached hydrogen (secondary N) is 2. The third-order valence-electron chi connectivity index (χ3n) is 2.35. The standard InChI is InChI=1S/C11H15N2.Pd/c1-4-8(3)11-9(7-12)6-10(5-2)13-11;/h4,7-8,12-13H,1,5H2,2-3H3;. The van der Waals surface area contributed by atoms with Gasteiger partial charge in [-0.25, -0.2) is 0 Å². The molecule has 0 amide bonds. The zero-order valence-electron chi connectivity index (χ0n) is 8.46. The monoisotopic (exact) mass is 281 g/mol. The van der Waals surface area contributed by atoms with E-state index in [1.165, 1.54) is 6.21 Å². The number of rotatable bonds is 4. The van der Waals surface area contributed by atoms with Crippen LogP contribution < -0.4 is 4.04 Å². The van der Waals surface area contributed by atoms with E-state index in [1.54, 1.807) is 0 Å². The summed E-state index contributed by atoms with van der Waals surface area (Å²) in [6, 6.07) is 0. The second-order valence-corrected chi connectivity index (χ2v) is 4.01. The average molecular weight is 282 g/mol. The Labute approximate surface area is 95.7 Å². The Bertz CT molecular complexity index is 352. The SMILES string of the molecule is C=CC(C)c1[nH]c(CC)[c]([Pd])c1C=N. The minimum absolute atomic E-state index is 0.259. The number of hydrogen-bond acceptors (Lipinski definition) is 1. The predicted octanol–water partition coefficient (Wildman–Crippen LogP) is 2.04. The normalized spacial score (nSPS) is 12.6. The fourth-order valence-electron chi connectivity index (χ4n) is 1.40. The number of aromatic nitrogens is 1. The predicted molar refractivity (Wildman–Crippen MR) is 56.3 cm³/mol. The molecular weight excluding hydrogens is 267 g/mol. The van der Waals surface area contributed by atoms with E-state index >= 15 is 0 Å². The van der Waals surface area contributed by atoms with Crippen LogP contribution in [0, 0.1) is 5.41 Å². The summed E-state index contributed by atoms with van der Waals surface area (Å²) in [5.74, 6) is 0.259. The molecule has 1 aromatic heterocycles. The van der Waals surface area contributed by atoms with Gasteiger partial charge in [-0.05, 0) is 0 Å². The summed E-state index contributed by atoms with van der Waals surface area (Å²) < 4.78 is 1.05. The van der Waals surface area contributed by atoms with E-state index in [-0.39, 0.29) is 5.92 Å². The first kappa shape index (κ1) is 11.4. The Morgan fingerprint density at radius 3 is 2.71 bits per heavy atom. The Hall–Kier alpha value is -0.648. The Balaban J connectivity index is 3.28. The van der Waals surface area contributed by atoms with Gasteiger partial charge in [-0.3, -0.25) is 0 Å². The van der Waals surface area contributed by atoms with Gasteiger partial charge in [-0.1, -0.05) is 0 Å². The molecule has 0 bridgehead atoms. The van der Waals surface area contributed by atoms with E-state index in [4.69, 9.17) is 5.41 Å². The molecule has 0 aliphatic heterocycles. The topological polar surface area (TPSA) is 39.6 Å². The van der Waals surface area contributed by atoms with Crippen LogP contribution in [0.15, 0.2) is 12.7 Å². The van der Waals surface area contributed by atoms with Crippen molar-refractivity contribution in [3.05, 3.63) is 29.6 Å². The first-order chi connectivity index (χ1) is 6.65. The van der Waals surface area contributed by atoms with E-state index < -0.39 is 0 Å². The fraction of sp³-hybridized carbons (Fsp3) is 0.364. The minimum atomic E-state index is 0.259. The quantitative estimate of drug-likeness (QED) is 0.482. The zero-order chi connectivity index (χ0) is 10.7. The average Bonchev–Trinajstić information content (AvgIpc) is 2.53. The third kappa shape index (κ3) is 1.89. The van der Waals surface area contributed by atoms with Gasteiger partial charge < -0.3 is 0 Å². The second kappa shape index (κ2) is 4.73. The Kier molecular flexibility index (Phi) is 3.86. The maximum atomic E-state index is 7.38. The van der Waals surface area contributed by atoms with E-state index in [1.807, 2.05) is 6.08 Å². The van der Waals surface area contributed by atoms with Crippen molar-refractivity contribution in [3.63, 3.8) is 0 Å². The van der Waals surface area contributed by atoms with E-state index in [9.17, 15) is 0 Å². The number of aromatic amines is 1. The van der Waals surface area contributed by atoms with Crippen molar-refractivity contribution in [2.24, 2.45) is 0 Å². The van der Waals surface area contributed by atoms with Gasteiger partial charge in [0.15, 0.2) is 0 Å². The van der Waals surface area contributed by atoms with Crippen molar-refractivity contribution in [1.82, 2.24) is 4.98 Å². The number of aryl methyl sites for hydroxylation is 1. The molecule has 1 atom stereocenters. The molecule has 1 unspecified atom stereocenters. The Morgan fingerprint density at radius 2 is 2.29 bits per heavy atom. The number of allylic oxidation sites excluding steroid dienone is 1. The van der Waals surface area contributed by atoms with Crippen LogP contribution in [0.1, 0.15) is 36.7 Å². The third-order valence-corrected chi connectivity index (χ3v) is 3.24. The first-order valence-electron chi connectivity index (χ1n) is 4.65. The van der Waals surface area contributed by atoms with Gasteiger partial charge in [0.05, 0.1) is 0 Å². The molecule has 0 radical (unpaired) electrons. The molecule has 0 aliphatic carbocycles. The summed E-state index contributed by atoms with van der Waals surface area (Å²) in [5, 5.41) is 7.38. The molecule has 0 aliphatic rings. The van der Waals surface area contributed by atoms with Gasteiger partial charge in [0.2, 0.25) is 0 Å². The van der Waals surface area contributed by atoms with Gasteiger partial charge in [-0.15, -0.1) is 0 Å². The van der Waals surface area contributed by atoms with E-state index in [0.717, 1.165) is 27.4 Å². The molecule has 0 fully saturated rings. The van der Waals surface area contributed by atoms with Crippen LogP contribution in [0.3, 0.4) is 0 Å². The summed E-state index contributed by atoms with van der Waals surface area (Å²) in [4.78, 5) is 3.34. The number of H-pyrrole nitrogens is 1.